The average molecular weight is 368 g/mol. The number of nitrogens with one attached hydrogen (secondary N) is 4. The number of benzene rings is 1. The van der Waals surface area contributed by atoms with Crippen molar-refractivity contribution in [1.29, 1.82) is 0 Å². The van der Waals surface area contributed by atoms with Crippen LogP contribution in [-0.2, 0) is 9.59 Å². The third-order valence-electron chi connectivity index (χ3n) is 5.11. The number of hydrazine groups is 2. The third-order valence-corrected chi connectivity index (χ3v) is 5.44. The fourth-order valence-electron chi connectivity index (χ4n) is 3.85. The second-order valence-electron chi connectivity index (χ2n) is 6.65. The summed E-state index contributed by atoms with van der Waals surface area (Å²) in [6, 6.07) is 6.12. The Labute approximate surface area is 149 Å². The number of para-hydroxylation sites is 1. The number of alkyl halides is 1. The zero-order chi connectivity index (χ0) is 17.6. The number of carbonyl (C=O) groups excluding carboxylic acids is 2. The molecule has 3 fully saturated rings. The minimum atomic E-state index is -0.946. The van der Waals surface area contributed by atoms with Crippen LogP contribution in [-0.4, -0.2) is 41.2 Å². The number of fused-ring (bicyclic) bond motifs is 3. The summed E-state index contributed by atoms with van der Waals surface area (Å²) in [5.41, 5.74) is 6.40. The van der Waals surface area contributed by atoms with Crippen molar-refractivity contribution < 1.29 is 14.0 Å². The minimum absolute atomic E-state index is 0.128. The molecule has 1 aromatic carbocycles. The van der Waals surface area contributed by atoms with Gasteiger partial charge in [-0.3, -0.25) is 9.59 Å². The number of amides is 2. The molecule has 3 aliphatic rings. The van der Waals surface area contributed by atoms with E-state index in [1.807, 2.05) is 5.01 Å². The highest BCUT2D eigenvalue weighted by Gasteiger charge is 2.52. The van der Waals surface area contributed by atoms with E-state index < -0.39 is 24.3 Å². The van der Waals surface area contributed by atoms with E-state index in [-0.39, 0.29) is 24.3 Å². The molecule has 134 valence electrons. The van der Waals surface area contributed by atoms with Gasteiger partial charge in [0, 0.05) is 6.04 Å². The van der Waals surface area contributed by atoms with Crippen molar-refractivity contribution in [1.82, 2.24) is 21.3 Å². The van der Waals surface area contributed by atoms with Crippen LogP contribution in [0.5, 0.6) is 0 Å². The molecule has 0 aromatic heterocycles. The van der Waals surface area contributed by atoms with Crippen LogP contribution in [0, 0.1) is 5.92 Å². The molecular formula is C16H19ClFN5O2. The van der Waals surface area contributed by atoms with Gasteiger partial charge in [-0.1, -0.05) is 23.7 Å². The Morgan fingerprint density at radius 3 is 2.92 bits per heavy atom. The molecule has 1 aliphatic carbocycles. The van der Waals surface area contributed by atoms with Crippen LogP contribution in [0.3, 0.4) is 0 Å². The van der Waals surface area contributed by atoms with Crippen molar-refractivity contribution in [2.24, 2.45) is 5.92 Å². The standard InChI is InChI=1S/C16H19ClFN5O2/c17-10-3-1-2-4-11(10)19-16(25)13-14-20-15(24)9-7-8(18)5-6-12(9)23(14)22-21-13/h1-4,8-9,12-14,21-22H,5-7H2,(H,19,25)(H,20,24). The van der Waals surface area contributed by atoms with Gasteiger partial charge < -0.3 is 10.6 Å². The first-order valence-corrected chi connectivity index (χ1v) is 8.72. The number of anilines is 1. The summed E-state index contributed by atoms with van der Waals surface area (Å²) in [6.07, 6.45) is -0.261. The lowest BCUT2D eigenvalue weighted by molar-refractivity contribution is -0.141. The molecule has 0 bridgehead atoms. The summed E-state index contributed by atoms with van der Waals surface area (Å²) in [5.74, 6) is -0.916. The third kappa shape index (κ3) is 2.99. The summed E-state index contributed by atoms with van der Waals surface area (Å²) in [6.45, 7) is 0. The van der Waals surface area contributed by atoms with Gasteiger partial charge in [0.1, 0.15) is 18.4 Å². The zero-order valence-electron chi connectivity index (χ0n) is 13.3. The lowest BCUT2D eigenvalue weighted by Crippen LogP contribution is -2.67. The first-order valence-electron chi connectivity index (χ1n) is 8.34. The van der Waals surface area contributed by atoms with E-state index in [4.69, 9.17) is 11.6 Å². The van der Waals surface area contributed by atoms with Gasteiger partial charge in [0.15, 0.2) is 0 Å². The highest BCUT2D eigenvalue weighted by molar-refractivity contribution is 6.33. The molecule has 25 heavy (non-hydrogen) atoms. The monoisotopic (exact) mass is 367 g/mol. The molecule has 1 saturated carbocycles. The van der Waals surface area contributed by atoms with Crippen molar-refractivity contribution in [2.75, 3.05) is 5.32 Å². The van der Waals surface area contributed by atoms with E-state index in [2.05, 4.69) is 21.6 Å². The van der Waals surface area contributed by atoms with Gasteiger partial charge >= 0.3 is 0 Å². The molecule has 2 heterocycles. The van der Waals surface area contributed by atoms with Crippen LogP contribution in [0.2, 0.25) is 5.02 Å². The van der Waals surface area contributed by atoms with E-state index >= 15 is 0 Å². The summed E-state index contributed by atoms with van der Waals surface area (Å²) < 4.78 is 13.6. The maximum absolute atomic E-state index is 13.6. The molecule has 5 unspecified atom stereocenters. The predicted octanol–water partition coefficient (Wildman–Crippen LogP) is 0.935. The highest BCUT2D eigenvalue weighted by Crippen LogP contribution is 2.35. The lowest BCUT2D eigenvalue weighted by atomic mass is 9.80. The Morgan fingerprint density at radius 1 is 1.32 bits per heavy atom. The van der Waals surface area contributed by atoms with Crippen LogP contribution >= 0.6 is 11.6 Å². The molecule has 0 radical (unpaired) electrons. The topological polar surface area (TPSA) is 85.5 Å². The van der Waals surface area contributed by atoms with Crippen LogP contribution in [0.25, 0.3) is 0 Å². The Bertz CT molecular complexity index is 705. The molecule has 5 atom stereocenters. The Morgan fingerprint density at radius 2 is 2.12 bits per heavy atom. The normalized spacial score (nSPS) is 34.8. The van der Waals surface area contributed by atoms with E-state index in [1.54, 1.807) is 24.3 Å². The van der Waals surface area contributed by atoms with Crippen molar-refractivity contribution in [3.63, 3.8) is 0 Å². The maximum Gasteiger partial charge on any atom is 0.246 e. The smallest absolute Gasteiger partial charge is 0.246 e. The van der Waals surface area contributed by atoms with Gasteiger partial charge in [-0.2, -0.15) is 5.53 Å². The van der Waals surface area contributed by atoms with E-state index in [1.165, 1.54) is 0 Å². The van der Waals surface area contributed by atoms with Gasteiger partial charge in [0.2, 0.25) is 11.8 Å². The first-order chi connectivity index (χ1) is 12.0. The maximum atomic E-state index is 13.6. The summed E-state index contributed by atoms with van der Waals surface area (Å²) in [4.78, 5) is 25.0. The van der Waals surface area contributed by atoms with Crippen molar-refractivity contribution in [3.05, 3.63) is 29.3 Å². The summed E-state index contributed by atoms with van der Waals surface area (Å²) in [7, 11) is 0. The molecule has 2 aliphatic heterocycles. The predicted molar refractivity (Wildman–Crippen MR) is 89.9 cm³/mol. The van der Waals surface area contributed by atoms with Gasteiger partial charge in [0.05, 0.1) is 16.6 Å². The quantitative estimate of drug-likeness (QED) is 0.625. The average Bonchev–Trinajstić information content (AvgIpc) is 3.01. The number of hydrogen-bond donors (Lipinski definition) is 4. The number of rotatable bonds is 2. The van der Waals surface area contributed by atoms with Gasteiger partial charge in [-0.05, 0) is 31.4 Å². The van der Waals surface area contributed by atoms with Crippen molar-refractivity contribution >= 4 is 29.1 Å². The van der Waals surface area contributed by atoms with Crippen LogP contribution in [0.1, 0.15) is 19.3 Å². The molecule has 0 spiro atoms. The largest absolute Gasteiger partial charge is 0.337 e. The Balaban J connectivity index is 1.50. The molecule has 1 aromatic rings. The minimum Gasteiger partial charge on any atom is -0.337 e. The number of carbonyl (C=O) groups is 2. The number of hydrogen-bond acceptors (Lipinski definition) is 5. The summed E-state index contributed by atoms with van der Waals surface area (Å²) >= 11 is 6.07. The van der Waals surface area contributed by atoms with E-state index in [9.17, 15) is 14.0 Å². The molecule has 4 rings (SSSR count). The van der Waals surface area contributed by atoms with E-state index in [0.717, 1.165) is 0 Å². The van der Waals surface area contributed by atoms with E-state index in [0.29, 0.717) is 23.6 Å². The number of nitrogens with zero attached hydrogens (tertiary/aromatic N) is 1. The van der Waals surface area contributed by atoms with Crippen LogP contribution < -0.4 is 21.6 Å². The summed E-state index contributed by atoms with van der Waals surface area (Å²) in [5, 5.41) is 7.86. The van der Waals surface area contributed by atoms with Gasteiger partial charge in [0.25, 0.3) is 0 Å². The van der Waals surface area contributed by atoms with Crippen LogP contribution in [0.15, 0.2) is 24.3 Å². The molecular weight excluding hydrogens is 349 g/mol. The van der Waals surface area contributed by atoms with Crippen molar-refractivity contribution in [3.8, 4) is 0 Å². The van der Waals surface area contributed by atoms with Crippen LogP contribution in [0.4, 0.5) is 10.1 Å². The molecule has 2 saturated heterocycles. The SMILES string of the molecule is O=C1NC2C(C(=O)Nc3ccccc3Cl)NNN2C2CCC(F)CC12. The Kier molecular flexibility index (Phi) is 4.36. The molecule has 9 heteroatoms. The number of halogens is 2. The molecule has 7 nitrogen and oxygen atoms in total. The Hall–Kier alpha value is -1.74. The molecule has 2 amide bonds. The fourth-order valence-corrected chi connectivity index (χ4v) is 4.03. The molecule has 4 N–H and O–H groups in total. The lowest BCUT2D eigenvalue weighted by Gasteiger charge is -2.45. The second kappa shape index (κ2) is 6.53. The first kappa shape index (κ1) is 16.7. The van der Waals surface area contributed by atoms with Gasteiger partial charge in [-0.25, -0.2) is 14.8 Å². The fraction of sp³-hybridized carbons (Fsp3) is 0.500. The second-order valence-corrected chi connectivity index (χ2v) is 7.05. The van der Waals surface area contributed by atoms with Crippen molar-refractivity contribution in [2.45, 2.75) is 43.7 Å². The highest BCUT2D eigenvalue weighted by atomic mass is 35.5. The zero-order valence-corrected chi connectivity index (χ0v) is 14.1. The van der Waals surface area contributed by atoms with Gasteiger partial charge in [-0.15, -0.1) is 0 Å².